The third-order valence-electron chi connectivity index (χ3n) is 4.66. The number of carbonyl (C=O) groups excluding carboxylic acids is 2. The maximum Gasteiger partial charge on any atom is 0.343 e. The molecule has 150 valence electrons. The van der Waals surface area contributed by atoms with Crippen molar-refractivity contribution < 1.29 is 19.1 Å². The van der Waals surface area contributed by atoms with Gasteiger partial charge in [0.1, 0.15) is 11.5 Å². The van der Waals surface area contributed by atoms with Crippen molar-refractivity contribution in [2.24, 2.45) is 0 Å². The first kappa shape index (κ1) is 21.7. The topological polar surface area (TPSA) is 52.6 Å². The molecule has 0 aromatic heterocycles. The van der Waals surface area contributed by atoms with Crippen molar-refractivity contribution in [3.05, 3.63) is 59.2 Å². The van der Waals surface area contributed by atoms with Gasteiger partial charge in [0.15, 0.2) is 5.78 Å². The third-order valence-corrected chi connectivity index (χ3v) is 4.66. The summed E-state index contributed by atoms with van der Waals surface area (Å²) in [6.07, 6.45) is 7.33. The smallest absolute Gasteiger partial charge is 0.343 e. The molecule has 0 heterocycles. The molecule has 0 aliphatic rings. The van der Waals surface area contributed by atoms with Gasteiger partial charge in [-0.1, -0.05) is 45.1 Å². The Morgan fingerprint density at radius 3 is 2.18 bits per heavy atom. The SMILES string of the molecule is CCCCCCCCOc1ccc(C(=O)Oc2ccc(C)c(C(C)=O)c2)cc1. The Bertz CT molecular complexity index is 778. The summed E-state index contributed by atoms with van der Waals surface area (Å²) < 4.78 is 11.1. The van der Waals surface area contributed by atoms with E-state index in [2.05, 4.69) is 6.92 Å². The normalized spacial score (nSPS) is 10.5. The molecule has 0 unspecified atom stereocenters. The van der Waals surface area contributed by atoms with Gasteiger partial charge in [0.2, 0.25) is 0 Å². The summed E-state index contributed by atoms with van der Waals surface area (Å²) in [5.74, 6) is 0.603. The van der Waals surface area contributed by atoms with Gasteiger partial charge in [-0.05, 0) is 62.2 Å². The van der Waals surface area contributed by atoms with Crippen molar-refractivity contribution in [3.63, 3.8) is 0 Å². The summed E-state index contributed by atoms with van der Waals surface area (Å²) in [6, 6.07) is 12.0. The minimum atomic E-state index is -0.458. The van der Waals surface area contributed by atoms with Crippen LogP contribution in [0.15, 0.2) is 42.5 Å². The highest BCUT2D eigenvalue weighted by Gasteiger charge is 2.11. The van der Waals surface area contributed by atoms with Crippen LogP contribution in [0, 0.1) is 6.92 Å². The quantitative estimate of drug-likeness (QED) is 0.202. The second kappa shape index (κ2) is 11.3. The van der Waals surface area contributed by atoms with E-state index in [1.165, 1.54) is 39.0 Å². The van der Waals surface area contributed by atoms with Crippen LogP contribution in [0.4, 0.5) is 0 Å². The lowest BCUT2D eigenvalue weighted by Crippen LogP contribution is -2.09. The Kier molecular flexibility index (Phi) is 8.73. The molecule has 0 N–H and O–H groups in total. The number of benzene rings is 2. The maximum atomic E-state index is 12.3. The molecule has 4 nitrogen and oxygen atoms in total. The van der Waals surface area contributed by atoms with Crippen LogP contribution < -0.4 is 9.47 Å². The average molecular weight is 383 g/mol. The van der Waals surface area contributed by atoms with Crippen molar-refractivity contribution in [3.8, 4) is 11.5 Å². The van der Waals surface area contributed by atoms with E-state index in [0.717, 1.165) is 17.7 Å². The molecule has 2 aromatic rings. The van der Waals surface area contributed by atoms with Crippen LogP contribution in [0.25, 0.3) is 0 Å². The van der Waals surface area contributed by atoms with Crippen LogP contribution in [0.5, 0.6) is 11.5 Å². The Morgan fingerprint density at radius 2 is 1.50 bits per heavy atom. The van der Waals surface area contributed by atoms with Gasteiger partial charge >= 0.3 is 5.97 Å². The summed E-state index contributed by atoms with van der Waals surface area (Å²) in [7, 11) is 0. The number of carbonyl (C=O) groups is 2. The number of esters is 1. The molecule has 2 aromatic carbocycles. The molecule has 0 aliphatic carbocycles. The van der Waals surface area contributed by atoms with Crippen LogP contribution in [-0.2, 0) is 0 Å². The molecule has 0 radical (unpaired) electrons. The second-order valence-corrected chi connectivity index (χ2v) is 7.06. The van der Waals surface area contributed by atoms with Gasteiger partial charge < -0.3 is 9.47 Å². The molecule has 0 fully saturated rings. The average Bonchev–Trinajstić information content (AvgIpc) is 2.69. The van der Waals surface area contributed by atoms with Crippen LogP contribution in [0.3, 0.4) is 0 Å². The van der Waals surface area contributed by atoms with Gasteiger partial charge in [-0.3, -0.25) is 4.79 Å². The number of hydrogen-bond donors (Lipinski definition) is 0. The molecule has 0 saturated carbocycles. The number of ether oxygens (including phenoxy) is 2. The van der Waals surface area contributed by atoms with Crippen molar-refractivity contribution in [2.75, 3.05) is 6.61 Å². The molecule has 0 aliphatic heterocycles. The Labute approximate surface area is 167 Å². The minimum absolute atomic E-state index is 0.0535. The van der Waals surface area contributed by atoms with Crippen molar-refractivity contribution in [1.82, 2.24) is 0 Å². The number of unbranched alkanes of at least 4 members (excludes halogenated alkanes) is 5. The Balaban J connectivity index is 1.83. The zero-order chi connectivity index (χ0) is 20.4. The standard InChI is InChI=1S/C24H30O4/c1-4-5-6-7-8-9-16-27-21-14-11-20(12-15-21)24(26)28-22-13-10-18(2)23(17-22)19(3)25/h10-15,17H,4-9,16H2,1-3H3. The lowest BCUT2D eigenvalue weighted by Gasteiger charge is -2.09. The highest BCUT2D eigenvalue weighted by atomic mass is 16.5. The van der Waals surface area contributed by atoms with Gasteiger partial charge in [0.05, 0.1) is 12.2 Å². The molecule has 4 heteroatoms. The zero-order valence-corrected chi connectivity index (χ0v) is 17.1. The highest BCUT2D eigenvalue weighted by molar-refractivity contribution is 5.96. The summed E-state index contributed by atoms with van der Waals surface area (Å²) in [5.41, 5.74) is 1.86. The molecule has 0 atom stereocenters. The van der Waals surface area contributed by atoms with Crippen molar-refractivity contribution in [2.45, 2.75) is 59.3 Å². The molecule has 0 spiro atoms. The van der Waals surface area contributed by atoms with E-state index in [9.17, 15) is 9.59 Å². The molecular weight excluding hydrogens is 352 g/mol. The first-order valence-corrected chi connectivity index (χ1v) is 10.1. The molecule has 2 rings (SSSR count). The van der Waals surface area contributed by atoms with Gasteiger partial charge in [-0.25, -0.2) is 4.79 Å². The summed E-state index contributed by atoms with van der Waals surface area (Å²) in [6.45, 7) is 6.25. The molecule has 0 saturated heterocycles. The fraction of sp³-hybridized carbons (Fsp3) is 0.417. The monoisotopic (exact) mass is 382 g/mol. The predicted molar refractivity (Wildman–Crippen MR) is 111 cm³/mol. The summed E-state index contributed by atoms with van der Waals surface area (Å²) in [5, 5.41) is 0. The van der Waals surface area contributed by atoms with Crippen LogP contribution in [0.2, 0.25) is 0 Å². The fourth-order valence-corrected chi connectivity index (χ4v) is 2.97. The highest BCUT2D eigenvalue weighted by Crippen LogP contribution is 2.20. The maximum absolute atomic E-state index is 12.3. The first-order valence-electron chi connectivity index (χ1n) is 10.1. The van der Waals surface area contributed by atoms with E-state index in [-0.39, 0.29) is 5.78 Å². The predicted octanol–water partition coefficient (Wildman–Crippen LogP) is 6.16. The number of aryl methyl sites for hydroxylation is 1. The fourth-order valence-electron chi connectivity index (χ4n) is 2.97. The second-order valence-electron chi connectivity index (χ2n) is 7.06. The van der Waals surface area contributed by atoms with Gasteiger partial charge in [0.25, 0.3) is 0 Å². The van der Waals surface area contributed by atoms with Gasteiger partial charge in [0, 0.05) is 5.56 Å². The van der Waals surface area contributed by atoms with Gasteiger partial charge in [-0.15, -0.1) is 0 Å². The Morgan fingerprint density at radius 1 is 0.857 bits per heavy atom. The zero-order valence-electron chi connectivity index (χ0n) is 17.1. The molecule has 0 bridgehead atoms. The van der Waals surface area contributed by atoms with Crippen molar-refractivity contribution in [1.29, 1.82) is 0 Å². The van der Waals surface area contributed by atoms with Crippen LogP contribution in [-0.4, -0.2) is 18.4 Å². The van der Waals surface area contributed by atoms with E-state index in [1.807, 2.05) is 6.92 Å². The lowest BCUT2D eigenvalue weighted by atomic mass is 10.1. The van der Waals surface area contributed by atoms with Crippen LogP contribution in [0.1, 0.15) is 78.7 Å². The van der Waals surface area contributed by atoms with Gasteiger partial charge in [-0.2, -0.15) is 0 Å². The third kappa shape index (κ3) is 6.84. The number of ketones is 1. The van der Waals surface area contributed by atoms with E-state index in [1.54, 1.807) is 42.5 Å². The first-order chi connectivity index (χ1) is 13.5. The summed E-state index contributed by atoms with van der Waals surface area (Å²) in [4.78, 5) is 24.0. The van der Waals surface area contributed by atoms with E-state index in [4.69, 9.17) is 9.47 Å². The van der Waals surface area contributed by atoms with Crippen LogP contribution >= 0.6 is 0 Å². The lowest BCUT2D eigenvalue weighted by molar-refractivity contribution is 0.0733. The molecule has 0 amide bonds. The molecular formula is C24H30O4. The van der Waals surface area contributed by atoms with E-state index >= 15 is 0 Å². The number of rotatable bonds is 11. The van der Waals surface area contributed by atoms with E-state index < -0.39 is 5.97 Å². The number of Topliss-reactive ketones (excluding diaryl/α,β-unsaturated/α-hetero) is 1. The number of hydrogen-bond acceptors (Lipinski definition) is 4. The van der Waals surface area contributed by atoms with E-state index in [0.29, 0.717) is 23.5 Å². The molecule has 28 heavy (non-hydrogen) atoms. The summed E-state index contributed by atoms with van der Waals surface area (Å²) >= 11 is 0. The Hall–Kier alpha value is -2.62. The minimum Gasteiger partial charge on any atom is -0.494 e. The van der Waals surface area contributed by atoms with Crippen molar-refractivity contribution >= 4 is 11.8 Å². The largest absolute Gasteiger partial charge is 0.494 e.